The third-order valence-electron chi connectivity index (χ3n) is 2.68. The number of ketones is 1. The Morgan fingerprint density at radius 2 is 2.06 bits per heavy atom. The first-order chi connectivity index (χ1) is 8.18. The summed E-state index contributed by atoms with van der Waals surface area (Å²) >= 11 is 0. The van der Waals surface area contributed by atoms with Crippen molar-refractivity contribution in [1.29, 1.82) is 0 Å². The van der Waals surface area contributed by atoms with Crippen LogP contribution in [-0.4, -0.2) is 12.4 Å². The maximum absolute atomic E-state index is 12.2. The second-order valence-electron chi connectivity index (χ2n) is 3.83. The Morgan fingerprint density at radius 1 is 1.29 bits per heavy atom. The highest BCUT2D eigenvalue weighted by atomic mass is 19.3. The molecule has 17 heavy (non-hydrogen) atoms. The van der Waals surface area contributed by atoms with Gasteiger partial charge in [0.15, 0.2) is 5.78 Å². The van der Waals surface area contributed by atoms with Crippen LogP contribution in [0.5, 0.6) is 5.75 Å². The molecule has 1 aromatic carbocycles. The average Bonchev–Trinajstić information content (AvgIpc) is 2.81. The maximum atomic E-state index is 12.2. The molecule has 0 spiro atoms. The summed E-state index contributed by atoms with van der Waals surface area (Å²) in [5, 5.41) is 0. The van der Waals surface area contributed by atoms with Gasteiger partial charge in [-0.05, 0) is 37.0 Å². The molecule has 0 N–H and O–H groups in total. The maximum Gasteiger partial charge on any atom is 0.387 e. The molecule has 0 bridgehead atoms. The number of allylic oxidation sites excluding steroid dienone is 2. The van der Waals surface area contributed by atoms with Crippen molar-refractivity contribution in [2.75, 3.05) is 0 Å². The topological polar surface area (TPSA) is 26.3 Å². The lowest BCUT2D eigenvalue weighted by molar-refractivity contribution is -0.0501. The van der Waals surface area contributed by atoms with Crippen LogP contribution in [0.2, 0.25) is 0 Å². The van der Waals surface area contributed by atoms with Gasteiger partial charge >= 0.3 is 6.61 Å². The van der Waals surface area contributed by atoms with E-state index in [-0.39, 0.29) is 17.1 Å². The molecule has 1 aromatic rings. The van der Waals surface area contributed by atoms with E-state index in [0.29, 0.717) is 12.0 Å². The van der Waals surface area contributed by atoms with E-state index in [9.17, 15) is 13.6 Å². The van der Waals surface area contributed by atoms with Crippen molar-refractivity contribution in [2.45, 2.75) is 25.9 Å². The molecule has 0 heterocycles. The van der Waals surface area contributed by atoms with Crippen molar-refractivity contribution in [1.82, 2.24) is 0 Å². The molecule has 0 aliphatic heterocycles. The summed E-state index contributed by atoms with van der Waals surface area (Å²) in [4.78, 5) is 12.1. The van der Waals surface area contributed by atoms with E-state index in [2.05, 4.69) is 4.74 Å². The molecule has 0 saturated heterocycles. The summed E-state index contributed by atoms with van der Waals surface area (Å²) in [5.74, 6) is -0.265. The van der Waals surface area contributed by atoms with Gasteiger partial charge in [-0.2, -0.15) is 8.78 Å². The van der Waals surface area contributed by atoms with Crippen molar-refractivity contribution in [3.05, 3.63) is 41.5 Å². The van der Waals surface area contributed by atoms with Crippen LogP contribution in [0.1, 0.15) is 29.6 Å². The van der Waals surface area contributed by atoms with Gasteiger partial charge in [0.1, 0.15) is 5.75 Å². The van der Waals surface area contributed by atoms with Gasteiger partial charge in [-0.25, -0.2) is 0 Å². The number of rotatable bonds is 4. The minimum absolute atomic E-state index is 0.0553. The smallest absolute Gasteiger partial charge is 0.387 e. The third-order valence-corrected chi connectivity index (χ3v) is 2.68. The monoisotopic (exact) mass is 238 g/mol. The van der Waals surface area contributed by atoms with Gasteiger partial charge in [0.2, 0.25) is 0 Å². The van der Waals surface area contributed by atoms with Crippen LogP contribution in [0, 0.1) is 0 Å². The van der Waals surface area contributed by atoms with Gasteiger partial charge in [0.25, 0.3) is 0 Å². The number of carbonyl (C=O) groups is 1. The predicted octanol–water partition coefficient (Wildman–Crippen LogP) is 3.58. The highest BCUT2D eigenvalue weighted by Gasteiger charge is 2.20. The van der Waals surface area contributed by atoms with E-state index in [1.54, 1.807) is 12.1 Å². The lowest BCUT2D eigenvalue weighted by atomic mass is 10.0. The molecule has 0 unspecified atom stereocenters. The van der Waals surface area contributed by atoms with Crippen molar-refractivity contribution in [3.63, 3.8) is 0 Å². The first-order valence-electron chi connectivity index (χ1n) is 5.46. The van der Waals surface area contributed by atoms with Crippen molar-refractivity contribution < 1.29 is 18.3 Å². The summed E-state index contributed by atoms with van der Waals surface area (Å²) in [5.41, 5.74) is 0.899. The van der Waals surface area contributed by atoms with Crippen molar-refractivity contribution in [2.24, 2.45) is 0 Å². The molecule has 0 atom stereocenters. The zero-order valence-corrected chi connectivity index (χ0v) is 9.16. The number of benzene rings is 1. The van der Waals surface area contributed by atoms with Crippen LogP contribution in [-0.2, 0) is 0 Å². The van der Waals surface area contributed by atoms with E-state index in [4.69, 9.17) is 0 Å². The van der Waals surface area contributed by atoms with Crippen LogP contribution >= 0.6 is 0 Å². The van der Waals surface area contributed by atoms with Crippen LogP contribution < -0.4 is 4.74 Å². The van der Waals surface area contributed by atoms with E-state index in [1.165, 1.54) is 12.1 Å². The van der Waals surface area contributed by atoms with Gasteiger partial charge in [-0.15, -0.1) is 0 Å². The average molecular weight is 238 g/mol. The SMILES string of the molecule is O=C(C1=CCCC1)c1ccccc1OC(F)F. The summed E-state index contributed by atoms with van der Waals surface area (Å²) < 4.78 is 28.7. The highest BCUT2D eigenvalue weighted by Crippen LogP contribution is 2.27. The van der Waals surface area contributed by atoms with Gasteiger partial charge < -0.3 is 4.74 Å². The van der Waals surface area contributed by atoms with Crippen LogP contribution in [0.4, 0.5) is 8.78 Å². The van der Waals surface area contributed by atoms with Crippen LogP contribution in [0.25, 0.3) is 0 Å². The normalized spacial score (nSPS) is 14.9. The number of halogens is 2. The lowest BCUT2D eigenvalue weighted by Crippen LogP contribution is -2.09. The molecule has 1 aliphatic carbocycles. The molecule has 0 radical (unpaired) electrons. The fourth-order valence-corrected chi connectivity index (χ4v) is 1.90. The van der Waals surface area contributed by atoms with Gasteiger partial charge in [0.05, 0.1) is 5.56 Å². The van der Waals surface area contributed by atoms with Crippen LogP contribution in [0.15, 0.2) is 35.9 Å². The fraction of sp³-hybridized carbons (Fsp3) is 0.308. The molecule has 2 rings (SSSR count). The van der Waals surface area contributed by atoms with Crippen molar-refractivity contribution in [3.8, 4) is 5.75 Å². The van der Waals surface area contributed by atoms with Crippen LogP contribution in [0.3, 0.4) is 0 Å². The largest absolute Gasteiger partial charge is 0.434 e. The number of Topliss-reactive ketones (excluding diaryl/α,β-unsaturated/α-hetero) is 1. The summed E-state index contributed by atoms with van der Waals surface area (Å²) in [7, 11) is 0. The molecule has 0 amide bonds. The van der Waals surface area contributed by atoms with E-state index in [0.717, 1.165) is 12.8 Å². The second-order valence-corrected chi connectivity index (χ2v) is 3.83. The zero-order chi connectivity index (χ0) is 12.3. The van der Waals surface area contributed by atoms with Crippen molar-refractivity contribution >= 4 is 5.78 Å². The summed E-state index contributed by atoms with van der Waals surface area (Å²) in [6, 6.07) is 6.10. The number of carbonyl (C=O) groups excluding carboxylic acids is 1. The van der Waals surface area contributed by atoms with E-state index in [1.807, 2.05) is 6.08 Å². The highest BCUT2D eigenvalue weighted by molar-refractivity contribution is 6.10. The van der Waals surface area contributed by atoms with Gasteiger partial charge in [-0.1, -0.05) is 18.2 Å². The Hall–Kier alpha value is -1.71. The minimum Gasteiger partial charge on any atom is -0.434 e. The minimum atomic E-state index is -2.92. The Labute approximate surface area is 97.9 Å². The van der Waals surface area contributed by atoms with Gasteiger partial charge in [-0.3, -0.25) is 4.79 Å². The number of hydrogen-bond acceptors (Lipinski definition) is 2. The number of para-hydroxylation sites is 1. The lowest BCUT2D eigenvalue weighted by Gasteiger charge is -2.09. The second kappa shape index (κ2) is 5.08. The molecule has 0 aromatic heterocycles. The van der Waals surface area contributed by atoms with E-state index >= 15 is 0 Å². The Morgan fingerprint density at radius 3 is 2.71 bits per heavy atom. The zero-order valence-electron chi connectivity index (χ0n) is 9.16. The quantitative estimate of drug-likeness (QED) is 0.749. The number of hydrogen-bond donors (Lipinski definition) is 0. The Bertz CT molecular complexity index is 452. The molecule has 2 nitrogen and oxygen atoms in total. The standard InChI is InChI=1S/C13H12F2O2/c14-13(15)17-11-8-4-3-7-10(11)12(16)9-5-1-2-6-9/h3-5,7-8,13H,1-2,6H2. The molecular weight excluding hydrogens is 226 g/mol. The summed E-state index contributed by atoms with van der Waals surface area (Å²) in [6.45, 7) is -2.92. The number of alkyl halides is 2. The molecule has 0 fully saturated rings. The molecular formula is C13H12F2O2. The fourth-order valence-electron chi connectivity index (χ4n) is 1.90. The molecule has 1 aliphatic rings. The summed E-state index contributed by atoms with van der Waals surface area (Å²) in [6.07, 6.45) is 4.39. The van der Waals surface area contributed by atoms with Gasteiger partial charge in [0, 0.05) is 0 Å². The molecule has 4 heteroatoms. The first kappa shape index (κ1) is 11.8. The van der Waals surface area contributed by atoms with E-state index < -0.39 is 6.61 Å². The predicted molar refractivity (Wildman–Crippen MR) is 59.3 cm³/mol. The molecule has 90 valence electrons. The number of ether oxygens (including phenoxy) is 1. The first-order valence-corrected chi connectivity index (χ1v) is 5.46. The Kier molecular flexibility index (Phi) is 3.52. The molecule has 0 saturated carbocycles. The third kappa shape index (κ3) is 2.70. The Balaban J connectivity index is 2.27.